The van der Waals surface area contributed by atoms with E-state index in [4.69, 9.17) is 0 Å². The maximum atomic E-state index is 3.49. The topological polar surface area (TPSA) is 19.1 Å². The fraction of sp³-hybridized carbons (Fsp3) is 0.357. The summed E-state index contributed by atoms with van der Waals surface area (Å²) in [6.45, 7) is 2.00. The van der Waals surface area contributed by atoms with Crippen molar-refractivity contribution in [3.05, 3.63) is 36.7 Å². The monoisotopic (exact) mass is 230 g/mol. The molecule has 0 unspecified atom stereocenters. The van der Waals surface area contributed by atoms with Gasteiger partial charge in [-0.05, 0) is 26.2 Å². The van der Waals surface area contributed by atoms with Crippen LogP contribution in [0.4, 0.5) is 5.69 Å². The molecule has 0 amide bonds. The third-order valence-corrected chi connectivity index (χ3v) is 2.83. The number of aromatic nitrogens is 1. The molecule has 0 aliphatic heterocycles. The van der Waals surface area contributed by atoms with Crippen LogP contribution in [0.5, 0.6) is 0 Å². The second-order valence-corrected chi connectivity index (χ2v) is 4.65. The van der Waals surface area contributed by atoms with Crippen molar-refractivity contribution >= 4 is 16.5 Å². The molecule has 0 saturated carbocycles. The summed E-state index contributed by atoms with van der Waals surface area (Å²) in [5.74, 6) is 0. The summed E-state index contributed by atoms with van der Waals surface area (Å²) in [6, 6.07) is 8.54. The van der Waals surface area contributed by atoms with Crippen LogP contribution in [-0.2, 0) is 7.05 Å². The van der Waals surface area contributed by atoms with Crippen LogP contribution in [0, 0.1) is 0 Å². The Kier molecular flexibility index (Phi) is 3.59. The zero-order valence-corrected chi connectivity index (χ0v) is 10.8. The molecule has 0 bridgehead atoms. The Labute approximate surface area is 103 Å². The Hall–Kier alpha value is -1.61. The van der Waals surface area contributed by atoms with Crippen LogP contribution in [0.25, 0.3) is 10.8 Å². The van der Waals surface area contributed by atoms with Gasteiger partial charge in [-0.2, -0.15) is 0 Å². The first-order valence-corrected chi connectivity index (χ1v) is 5.93. The molecule has 1 heterocycles. The molecule has 1 aromatic heterocycles. The van der Waals surface area contributed by atoms with Gasteiger partial charge in [0.05, 0.1) is 0 Å². The van der Waals surface area contributed by atoms with Crippen molar-refractivity contribution < 1.29 is 4.57 Å². The summed E-state index contributed by atoms with van der Waals surface area (Å²) in [7, 11) is 6.22. The third-order valence-electron chi connectivity index (χ3n) is 2.83. The van der Waals surface area contributed by atoms with Crippen molar-refractivity contribution in [2.24, 2.45) is 7.05 Å². The smallest absolute Gasteiger partial charge is 0.176 e. The Bertz CT molecular complexity index is 506. The van der Waals surface area contributed by atoms with Gasteiger partial charge in [0.1, 0.15) is 7.05 Å². The van der Waals surface area contributed by atoms with Gasteiger partial charge in [-0.15, -0.1) is 0 Å². The molecule has 1 N–H and O–H groups in total. The van der Waals surface area contributed by atoms with E-state index in [9.17, 15) is 0 Å². The molecule has 90 valence electrons. The highest BCUT2D eigenvalue weighted by Crippen LogP contribution is 2.21. The maximum Gasteiger partial charge on any atom is 0.176 e. The zero-order valence-electron chi connectivity index (χ0n) is 10.8. The van der Waals surface area contributed by atoms with Gasteiger partial charge in [0.25, 0.3) is 0 Å². The van der Waals surface area contributed by atoms with Crippen LogP contribution in [0.15, 0.2) is 36.7 Å². The summed E-state index contributed by atoms with van der Waals surface area (Å²) in [5, 5.41) is 6.04. The SMILES string of the molecule is CN(C)CCNc1cccc2c[n+](C)ccc12. The molecule has 3 heteroatoms. The van der Waals surface area contributed by atoms with E-state index < -0.39 is 0 Å². The van der Waals surface area contributed by atoms with Gasteiger partial charge in [0.15, 0.2) is 12.4 Å². The van der Waals surface area contributed by atoms with Gasteiger partial charge >= 0.3 is 0 Å². The fourth-order valence-corrected chi connectivity index (χ4v) is 1.90. The maximum absolute atomic E-state index is 3.49. The van der Waals surface area contributed by atoms with E-state index in [1.165, 1.54) is 16.5 Å². The minimum Gasteiger partial charge on any atom is -0.383 e. The molecule has 0 spiro atoms. The molecule has 0 radical (unpaired) electrons. The fourth-order valence-electron chi connectivity index (χ4n) is 1.90. The molecule has 1 aromatic carbocycles. The lowest BCUT2D eigenvalue weighted by atomic mass is 10.1. The third kappa shape index (κ3) is 2.94. The minimum atomic E-state index is 0.965. The number of anilines is 1. The predicted octanol–water partition coefficient (Wildman–Crippen LogP) is 1.64. The van der Waals surface area contributed by atoms with E-state index in [0.29, 0.717) is 0 Å². The summed E-state index contributed by atoms with van der Waals surface area (Å²) in [6.07, 6.45) is 4.23. The number of pyridine rings is 1. The number of likely N-dealkylation sites (N-methyl/N-ethyl adjacent to an activating group) is 1. The average molecular weight is 230 g/mol. The molecule has 2 aromatic rings. The lowest BCUT2D eigenvalue weighted by Gasteiger charge is -2.12. The highest BCUT2D eigenvalue weighted by atomic mass is 15.1. The highest BCUT2D eigenvalue weighted by molar-refractivity contribution is 5.92. The van der Waals surface area contributed by atoms with E-state index in [1.54, 1.807) is 0 Å². The molecule has 0 atom stereocenters. The number of hydrogen-bond donors (Lipinski definition) is 1. The summed E-state index contributed by atoms with van der Waals surface area (Å²) in [4.78, 5) is 2.18. The van der Waals surface area contributed by atoms with E-state index in [0.717, 1.165) is 13.1 Å². The first-order valence-electron chi connectivity index (χ1n) is 5.93. The number of aryl methyl sites for hydroxylation is 1. The number of hydrogen-bond acceptors (Lipinski definition) is 2. The van der Waals surface area contributed by atoms with E-state index in [1.807, 2.05) is 7.05 Å². The molecule has 3 nitrogen and oxygen atoms in total. The first-order chi connectivity index (χ1) is 8.16. The molecular formula is C14H20N3+. The van der Waals surface area contributed by atoms with Gasteiger partial charge in [-0.25, -0.2) is 4.57 Å². The van der Waals surface area contributed by atoms with E-state index >= 15 is 0 Å². The quantitative estimate of drug-likeness (QED) is 0.805. The van der Waals surface area contributed by atoms with Gasteiger partial charge in [0.2, 0.25) is 0 Å². The second-order valence-electron chi connectivity index (χ2n) is 4.65. The van der Waals surface area contributed by atoms with Gasteiger partial charge < -0.3 is 10.2 Å². The van der Waals surface area contributed by atoms with E-state index in [-0.39, 0.29) is 0 Å². The molecule has 2 rings (SSSR count). The average Bonchev–Trinajstić information content (AvgIpc) is 2.28. The largest absolute Gasteiger partial charge is 0.383 e. The van der Waals surface area contributed by atoms with Crippen molar-refractivity contribution in [1.29, 1.82) is 0 Å². The summed E-state index contributed by atoms with van der Waals surface area (Å²) >= 11 is 0. The van der Waals surface area contributed by atoms with Crippen molar-refractivity contribution in [1.82, 2.24) is 4.90 Å². The highest BCUT2D eigenvalue weighted by Gasteiger charge is 2.03. The summed E-state index contributed by atoms with van der Waals surface area (Å²) < 4.78 is 2.08. The molecule has 0 saturated heterocycles. The number of nitrogens with one attached hydrogen (secondary N) is 1. The molecule has 17 heavy (non-hydrogen) atoms. The Balaban J connectivity index is 2.22. The second kappa shape index (κ2) is 5.15. The van der Waals surface area contributed by atoms with Gasteiger partial charge in [-0.3, -0.25) is 0 Å². The number of nitrogens with zero attached hydrogens (tertiary/aromatic N) is 2. The van der Waals surface area contributed by atoms with Crippen LogP contribution in [0.3, 0.4) is 0 Å². The molecule has 0 fully saturated rings. The normalized spacial score (nSPS) is 11.1. The van der Waals surface area contributed by atoms with Crippen molar-refractivity contribution in [3.8, 4) is 0 Å². The Morgan fingerprint density at radius 1 is 1.24 bits per heavy atom. The number of fused-ring (bicyclic) bond motifs is 1. The molecular weight excluding hydrogens is 210 g/mol. The van der Waals surface area contributed by atoms with Gasteiger partial charge in [-0.1, -0.05) is 6.07 Å². The van der Waals surface area contributed by atoms with Crippen LogP contribution in [-0.4, -0.2) is 32.1 Å². The molecule has 0 aliphatic carbocycles. The first kappa shape index (κ1) is 11.9. The van der Waals surface area contributed by atoms with Crippen LogP contribution in [0.1, 0.15) is 0 Å². The van der Waals surface area contributed by atoms with Crippen molar-refractivity contribution in [2.75, 3.05) is 32.5 Å². The predicted molar refractivity (Wildman–Crippen MR) is 72.2 cm³/mol. The lowest BCUT2D eigenvalue weighted by Crippen LogP contribution is -2.26. The van der Waals surface area contributed by atoms with E-state index in [2.05, 4.69) is 65.5 Å². The summed E-state index contributed by atoms with van der Waals surface area (Å²) in [5.41, 5.74) is 1.21. The number of benzene rings is 1. The lowest BCUT2D eigenvalue weighted by molar-refractivity contribution is -0.670. The van der Waals surface area contributed by atoms with Gasteiger partial charge in [0, 0.05) is 35.6 Å². The van der Waals surface area contributed by atoms with Crippen molar-refractivity contribution in [2.45, 2.75) is 0 Å². The number of rotatable bonds is 4. The molecule has 0 aliphatic rings. The minimum absolute atomic E-state index is 0.965. The van der Waals surface area contributed by atoms with Crippen molar-refractivity contribution in [3.63, 3.8) is 0 Å². The Morgan fingerprint density at radius 3 is 2.82 bits per heavy atom. The zero-order chi connectivity index (χ0) is 12.3. The Morgan fingerprint density at radius 2 is 2.06 bits per heavy atom. The van der Waals surface area contributed by atoms with Crippen LogP contribution >= 0.6 is 0 Å². The van der Waals surface area contributed by atoms with Crippen LogP contribution in [0.2, 0.25) is 0 Å². The van der Waals surface area contributed by atoms with Crippen LogP contribution < -0.4 is 9.88 Å². The standard InChI is InChI=1S/C14H20N3/c1-16(2)10-8-15-14-6-4-5-12-11-17(3)9-7-13(12)14/h4-7,9,11,15H,8,10H2,1-3H3/q+1.